The van der Waals surface area contributed by atoms with Gasteiger partial charge in [-0.2, -0.15) is 0 Å². The maximum absolute atomic E-state index is 11.5. The summed E-state index contributed by atoms with van der Waals surface area (Å²) in [5.41, 5.74) is 1.13. The van der Waals surface area contributed by atoms with E-state index < -0.39 is 21.2 Å². The number of carbonyl (C=O) groups is 1. The number of benzene rings is 1. The van der Waals surface area contributed by atoms with Crippen LogP contribution in [0.15, 0.2) is 30.3 Å². The second-order valence-corrected chi connectivity index (χ2v) is 6.09. The first-order valence-electron chi connectivity index (χ1n) is 5.68. The van der Waals surface area contributed by atoms with Crippen molar-refractivity contribution in [1.82, 2.24) is 4.72 Å². The minimum absolute atomic E-state index is 0.245. The number of aryl methyl sites for hydroxylation is 1. The van der Waals surface area contributed by atoms with E-state index in [1.54, 1.807) is 0 Å². The highest BCUT2D eigenvalue weighted by Gasteiger charge is 2.26. The Bertz CT molecular complexity index is 484. The lowest BCUT2D eigenvalue weighted by Crippen LogP contribution is -2.37. The average molecular weight is 271 g/mol. The van der Waals surface area contributed by atoms with Gasteiger partial charge in [0.25, 0.3) is 0 Å². The number of carboxylic acids is 1. The van der Waals surface area contributed by atoms with E-state index in [0.717, 1.165) is 18.9 Å². The summed E-state index contributed by atoms with van der Waals surface area (Å²) in [7, 11) is -3.76. The molecule has 0 aliphatic rings. The van der Waals surface area contributed by atoms with Crippen LogP contribution in [0.2, 0.25) is 0 Å². The van der Waals surface area contributed by atoms with Gasteiger partial charge >= 0.3 is 5.97 Å². The average Bonchev–Trinajstić information content (AvgIpc) is 2.35. The third-order valence-electron chi connectivity index (χ3n) is 2.60. The SMILES string of the molecule is CC(C(=O)O)S(=O)(=O)NCCCc1ccccc1. The van der Waals surface area contributed by atoms with Gasteiger partial charge in [0.1, 0.15) is 0 Å². The fraction of sp³-hybridized carbons (Fsp3) is 0.417. The highest BCUT2D eigenvalue weighted by atomic mass is 32.2. The summed E-state index contributed by atoms with van der Waals surface area (Å²) < 4.78 is 25.3. The lowest BCUT2D eigenvalue weighted by Gasteiger charge is -2.09. The second-order valence-electron chi connectivity index (χ2n) is 4.01. The van der Waals surface area contributed by atoms with Crippen LogP contribution in [0.4, 0.5) is 0 Å². The van der Waals surface area contributed by atoms with E-state index in [1.165, 1.54) is 0 Å². The molecule has 0 heterocycles. The summed E-state index contributed by atoms with van der Waals surface area (Å²) in [5.74, 6) is -1.34. The first kappa shape index (κ1) is 14.7. The van der Waals surface area contributed by atoms with Crippen LogP contribution in [0, 0.1) is 0 Å². The van der Waals surface area contributed by atoms with E-state index in [2.05, 4.69) is 4.72 Å². The second kappa shape index (κ2) is 6.51. The van der Waals surface area contributed by atoms with Gasteiger partial charge < -0.3 is 5.11 Å². The van der Waals surface area contributed by atoms with E-state index in [-0.39, 0.29) is 6.54 Å². The summed E-state index contributed by atoms with van der Waals surface area (Å²) in [6.07, 6.45) is 1.39. The Morgan fingerprint density at radius 2 is 1.94 bits per heavy atom. The quantitative estimate of drug-likeness (QED) is 0.725. The van der Waals surface area contributed by atoms with Gasteiger partial charge in [-0.25, -0.2) is 13.1 Å². The largest absolute Gasteiger partial charge is 0.480 e. The molecule has 1 rings (SSSR count). The molecule has 0 saturated carbocycles. The third kappa shape index (κ3) is 4.46. The molecule has 18 heavy (non-hydrogen) atoms. The number of carboxylic acid groups (broad SMARTS) is 1. The van der Waals surface area contributed by atoms with Crippen LogP contribution in [0.25, 0.3) is 0 Å². The maximum Gasteiger partial charge on any atom is 0.323 e. The topological polar surface area (TPSA) is 83.5 Å². The van der Waals surface area contributed by atoms with Gasteiger partial charge in [-0.3, -0.25) is 4.79 Å². The monoisotopic (exact) mass is 271 g/mol. The first-order valence-corrected chi connectivity index (χ1v) is 7.23. The molecule has 5 nitrogen and oxygen atoms in total. The van der Waals surface area contributed by atoms with Crippen LogP contribution in [0.5, 0.6) is 0 Å². The molecule has 0 radical (unpaired) electrons. The lowest BCUT2D eigenvalue weighted by atomic mass is 10.1. The number of hydrogen-bond acceptors (Lipinski definition) is 3. The van der Waals surface area contributed by atoms with Crippen LogP contribution in [-0.4, -0.2) is 31.3 Å². The molecule has 0 bridgehead atoms. The van der Waals surface area contributed by atoms with Crippen LogP contribution >= 0.6 is 0 Å². The summed E-state index contributed by atoms with van der Waals surface area (Å²) >= 11 is 0. The van der Waals surface area contributed by atoms with E-state index in [0.29, 0.717) is 6.42 Å². The normalized spacial score (nSPS) is 13.2. The zero-order valence-electron chi connectivity index (χ0n) is 10.2. The zero-order valence-corrected chi connectivity index (χ0v) is 11.0. The molecule has 0 amide bonds. The van der Waals surface area contributed by atoms with Gasteiger partial charge in [-0.15, -0.1) is 0 Å². The predicted molar refractivity (Wildman–Crippen MR) is 68.8 cm³/mol. The minimum atomic E-state index is -3.76. The fourth-order valence-corrected chi connectivity index (χ4v) is 2.35. The predicted octanol–water partition coefficient (Wildman–Crippen LogP) is 1.01. The molecular formula is C12H17NO4S. The molecular weight excluding hydrogens is 254 g/mol. The lowest BCUT2D eigenvalue weighted by molar-refractivity contribution is -0.136. The first-order chi connectivity index (χ1) is 8.43. The van der Waals surface area contributed by atoms with Crippen molar-refractivity contribution in [3.05, 3.63) is 35.9 Å². The van der Waals surface area contributed by atoms with Gasteiger partial charge in [0.2, 0.25) is 10.0 Å². The van der Waals surface area contributed by atoms with Crippen molar-refractivity contribution >= 4 is 16.0 Å². The van der Waals surface area contributed by atoms with Crippen molar-refractivity contribution in [2.75, 3.05) is 6.54 Å². The smallest absolute Gasteiger partial charge is 0.323 e. The fourth-order valence-electron chi connectivity index (χ4n) is 1.41. The summed E-state index contributed by atoms with van der Waals surface area (Å²) in [4.78, 5) is 10.6. The molecule has 1 aromatic rings. The molecule has 2 N–H and O–H groups in total. The van der Waals surface area contributed by atoms with Gasteiger partial charge in [0.15, 0.2) is 5.25 Å². The van der Waals surface area contributed by atoms with Crippen molar-refractivity contribution in [2.24, 2.45) is 0 Å². The summed E-state index contributed by atoms with van der Waals surface area (Å²) in [6, 6.07) is 9.70. The Hall–Kier alpha value is -1.40. The van der Waals surface area contributed by atoms with Crippen molar-refractivity contribution in [2.45, 2.75) is 25.0 Å². The molecule has 0 aliphatic heterocycles. The van der Waals surface area contributed by atoms with Crippen molar-refractivity contribution in [1.29, 1.82) is 0 Å². The Balaban J connectivity index is 2.36. The van der Waals surface area contributed by atoms with Gasteiger partial charge in [0.05, 0.1) is 0 Å². The van der Waals surface area contributed by atoms with Crippen LogP contribution in [0.1, 0.15) is 18.9 Å². The molecule has 0 saturated heterocycles. The number of rotatable bonds is 7. The van der Waals surface area contributed by atoms with Crippen molar-refractivity contribution in [3.8, 4) is 0 Å². The Morgan fingerprint density at radius 1 is 1.33 bits per heavy atom. The molecule has 0 aromatic heterocycles. The Morgan fingerprint density at radius 3 is 2.50 bits per heavy atom. The van der Waals surface area contributed by atoms with Crippen LogP contribution < -0.4 is 4.72 Å². The molecule has 0 aliphatic carbocycles. The highest BCUT2D eigenvalue weighted by molar-refractivity contribution is 7.90. The number of nitrogens with one attached hydrogen (secondary N) is 1. The zero-order chi connectivity index (χ0) is 13.6. The number of hydrogen-bond donors (Lipinski definition) is 2. The summed E-state index contributed by atoms with van der Waals surface area (Å²) in [5, 5.41) is 7.21. The van der Waals surface area contributed by atoms with Gasteiger partial charge in [-0.1, -0.05) is 30.3 Å². The van der Waals surface area contributed by atoms with Gasteiger partial charge in [0, 0.05) is 6.54 Å². The Kier molecular flexibility index (Phi) is 5.30. The Labute approximate surface area is 107 Å². The van der Waals surface area contributed by atoms with Crippen molar-refractivity contribution < 1.29 is 18.3 Å². The molecule has 1 unspecified atom stereocenters. The molecule has 6 heteroatoms. The van der Waals surface area contributed by atoms with E-state index in [4.69, 9.17) is 5.11 Å². The molecule has 100 valence electrons. The van der Waals surface area contributed by atoms with E-state index >= 15 is 0 Å². The molecule has 1 atom stereocenters. The van der Waals surface area contributed by atoms with Crippen LogP contribution in [-0.2, 0) is 21.2 Å². The van der Waals surface area contributed by atoms with Crippen molar-refractivity contribution in [3.63, 3.8) is 0 Å². The maximum atomic E-state index is 11.5. The minimum Gasteiger partial charge on any atom is -0.480 e. The van der Waals surface area contributed by atoms with Crippen LogP contribution in [0.3, 0.4) is 0 Å². The molecule has 0 spiro atoms. The van der Waals surface area contributed by atoms with Gasteiger partial charge in [-0.05, 0) is 25.3 Å². The summed E-state index contributed by atoms with van der Waals surface area (Å²) in [6.45, 7) is 1.40. The van der Waals surface area contributed by atoms with E-state index in [9.17, 15) is 13.2 Å². The highest BCUT2D eigenvalue weighted by Crippen LogP contribution is 2.03. The third-order valence-corrected chi connectivity index (χ3v) is 4.34. The molecule has 0 fully saturated rings. The van der Waals surface area contributed by atoms with E-state index in [1.807, 2.05) is 30.3 Å². The number of aliphatic carboxylic acids is 1. The standard InChI is InChI=1S/C12H17NO4S/c1-10(12(14)15)18(16,17)13-9-5-8-11-6-3-2-4-7-11/h2-4,6-7,10,13H,5,8-9H2,1H3,(H,14,15). The molecule has 1 aromatic carbocycles. The number of sulfonamides is 1.